The molecule has 1 fully saturated rings. The van der Waals surface area contributed by atoms with Gasteiger partial charge in [0.2, 0.25) is 0 Å². The lowest BCUT2D eigenvalue weighted by molar-refractivity contribution is 0.255. The van der Waals surface area contributed by atoms with E-state index < -0.39 is 0 Å². The van der Waals surface area contributed by atoms with Crippen LogP contribution in [0, 0.1) is 11.8 Å². The lowest BCUT2D eigenvalue weighted by atomic mass is 9.71. The van der Waals surface area contributed by atoms with Crippen molar-refractivity contribution in [1.82, 2.24) is 0 Å². The molecule has 0 amide bonds. The molecule has 15 heavy (non-hydrogen) atoms. The molecule has 86 valence electrons. The second kappa shape index (κ2) is 5.16. The van der Waals surface area contributed by atoms with Gasteiger partial charge in [-0.2, -0.15) is 0 Å². The Bertz CT molecular complexity index is 231. The molecule has 2 rings (SSSR count). The normalized spacial score (nSPS) is 37.5. The molecule has 0 bridgehead atoms. The summed E-state index contributed by atoms with van der Waals surface area (Å²) >= 11 is 0. The topological polar surface area (TPSA) is 26.0 Å². The largest absolute Gasteiger partial charge is 0.324 e. The molecule has 0 aromatic heterocycles. The van der Waals surface area contributed by atoms with Crippen LogP contribution in [0.15, 0.2) is 11.6 Å². The summed E-state index contributed by atoms with van der Waals surface area (Å²) in [5.41, 5.74) is 7.75. The summed E-state index contributed by atoms with van der Waals surface area (Å²) in [6, 6.07) is 0.355. The Balaban J connectivity index is 2.06. The first kappa shape index (κ1) is 11.2. The maximum atomic E-state index is 6.04. The lowest BCUT2D eigenvalue weighted by Crippen LogP contribution is -2.27. The van der Waals surface area contributed by atoms with Crippen molar-refractivity contribution in [2.45, 2.75) is 64.3 Å². The fourth-order valence-corrected chi connectivity index (χ4v) is 3.48. The molecule has 0 aliphatic heterocycles. The Morgan fingerprint density at radius 3 is 2.73 bits per heavy atom. The van der Waals surface area contributed by atoms with Crippen molar-refractivity contribution < 1.29 is 0 Å². The van der Waals surface area contributed by atoms with Gasteiger partial charge in [-0.3, -0.25) is 0 Å². The molecule has 0 aromatic rings. The van der Waals surface area contributed by atoms with Crippen LogP contribution in [0.3, 0.4) is 0 Å². The minimum absolute atomic E-state index is 0.355. The molecule has 0 spiro atoms. The summed E-state index contributed by atoms with van der Waals surface area (Å²) in [4.78, 5) is 0. The molecule has 1 saturated carbocycles. The summed E-state index contributed by atoms with van der Waals surface area (Å²) in [5.74, 6) is 1.84. The lowest BCUT2D eigenvalue weighted by Gasteiger charge is -2.35. The Labute approximate surface area is 94.1 Å². The van der Waals surface area contributed by atoms with Gasteiger partial charge in [-0.1, -0.05) is 37.8 Å². The van der Waals surface area contributed by atoms with Crippen molar-refractivity contribution in [3.63, 3.8) is 0 Å². The van der Waals surface area contributed by atoms with Crippen LogP contribution in [0.25, 0.3) is 0 Å². The van der Waals surface area contributed by atoms with Crippen molar-refractivity contribution in [3.8, 4) is 0 Å². The average molecular weight is 207 g/mol. The summed E-state index contributed by atoms with van der Waals surface area (Å²) in [6.07, 6.45) is 13.4. The van der Waals surface area contributed by atoms with E-state index in [0.717, 1.165) is 11.8 Å². The Hall–Kier alpha value is -0.300. The molecule has 3 atom stereocenters. The van der Waals surface area contributed by atoms with E-state index in [4.69, 9.17) is 5.73 Å². The number of hydrogen-bond acceptors (Lipinski definition) is 1. The molecular weight excluding hydrogens is 182 g/mol. The van der Waals surface area contributed by atoms with E-state index in [-0.39, 0.29) is 0 Å². The van der Waals surface area contributed by atoms with Gasteiger partial charge in [0.1, 0.15) is 0 Å². The van der Waals surface area contributed by atoms with Gasteiger partial charge < -0.3 is 5.73 Å². The quantitative estimate of drug-likeness (QED) is 0.687. The second-order valence-corrected chi connectivity index (χ2v) is 5.36. The van der Waals surface area contributed by atoms with Crippen LogP contribution >= 0.6 is 0 Å². The fourth-order valence-electron chi connectivity index (χ4n) is 3.48. The second-order valence-electron chi connectivity index (χ2n) is 5.36. The highest BCUT2D eigenvalue weighted by molar-refractivity contribution is 5.15. The van der Waals surface area contributed by atoms with Crippen LogP contribution in [0.5, 0.6) is 0 Å². The third kappa shape index (κ3) is 2.63. The maximum absolute atomic E-state index is 6.04. The maximum Gasteiger partial charge on any atom is 0.0226 e. The zero-order valence-electron chi connectivity index (χ0n) is 10.0. The zero-order valence-corrected chi connectivity index (χ0v) is 10.0. The molecule has 1 heteroatoms. The third-order valence-corrected chi connectivity index (χ3v) is 4.34. The number of hydrogen-bond donors (Lipinski definition) is 1. The van der Waals surface area contributed by atoms with Gasteiger partial charge in [-0.25, -0.2) is 0 Å². The summed E-state index contributed by atoms with van der Waals surface area (Å²) in [5, 5.41) is 0. The average Bonchev–Trinajstić information content (AvgIpc) is 2.29. The van der Waals surface area contributed by atoms with E-state index in [9.17, 15) is 0 Å². The van der Waals surface area contributed by atoms with E-state index in [1.165, 1.54) is 51.4 Å². The van der Waals surface area contributed by atoms with Crippen LogP contribution in [-0.4, -0.2) is 6.04 Å². The van der Waals surface area contributed by atoms with E-state index in [1.54, 1.807) is 5.57 Å². The van der Waals surface area contributed by atoms with Gasteiger partial charge in [0.15, 0.2) is 0 Å². The summed E-state index contributed by atoms with van der Waals surface area (Å²) in [7, 11) is 0. The van der Waals surface area contributed by atoms with Crippen molar-refractivity contribution in [2.75, 3.05) is 0 Å². The molecule has 0 radical (unpaired) electrons. The molecule has 0 aromatic carbocycles. The van der Waals surface area contributed by atoms with Crippen LogP contribution in [-0.2, 0) is 0 Å². The Morgan fingerprint density at radius 1 is 1.20 bits per heavy atom. The van der Waals surface area contributed by atoms with E-state index in [0.29, 0.717) is 6.04 Å². The third-order valence-electron chi connectivity index (χ3n) is 4.34. The van der Waals surface area contributed by atoms with Crippen LogP contribution in [0.2, 0.25) is 0 Å². The highest BCUT2D eigenvalue weighted by Crippen LogP contribution is 2.39. The fraction of sp³-hybridized carbons (Fsp3) is 0.857. The Kier molecular flexibility index (Phi) is 3.85. The molecule has 2 N–H and O–H groups in total. The van der Waals surface area contributed by atoms with Crippen molar-refractivity contribution >= 4 is 0 Å². The SMILES string of the molecule is CCC1CCCCC1C1=CC(N)CCC1. The monoisotopic (exact) mass is 207 g/mol. The number of nitrogens with two attached hydrogens (primary N) is 1. The van der Waals surface area contributed by atoms with Gasteiger partial charge in [0, 0.05) is 6.04 Å². The molecule has 0 saturated heterocycles. The van der Waals surface area contributed by atoms with E-state index in [2.05, 4.69) is 13.0 Å². The van der Waals surface area contributed by atoms with Crippen molar-refractivity contribution in [3.05, 3.63) is 11.6 Å². The molecule has 2 aliphatic carbocycles. The summed E-state index contributed by atoms with van der Waals surface area (Å²) in [6.45, 7) is 2.35. The first-order chi connectivity index (χ1) is 7.31. The minimum Gasteiger partial charge on any atom is -0.324 e. The van der Waals surface area contributed by atoms with E-state index in [1.807, 2.05) is 0 Å². The molecule has 1 nitrogen and oxygen atoms in total. The van der Waals surface area contributed by atoms with Gasteiger partial charge >= 0.3 is 0 Å². The van der Waals surface area contributed by atoms with Crippen LogP contribution in [0.4, 0.5) is 0 Å². The summed E-state index contributed by atoms with van der Waals surface area (Å²) < 4.78 is 0. The highest BCUT2D eigenvalue weighted by Gasteiger charge is 2.27. The van der Waals surface area contributed by atoms with Gasteiger partial charge in [-0.05, 0) is 43.9 Å². The first-order valence-corrected chi connectivity index (χ1v) is 6.77. The first-order valence-electron chi connectivity index (χ1n) is 6.77. The van der Waals surface area contributed by atoms with Crippen LogP contribution in [0.1, 0.15) is 58.3 Å². The minimum atomic E-state index is 0.355. The molecule has 3 unspecified atom stereocenters. The predicted molar refractivity (Wildman–Crippen MR) is 65.6 cm³/mol. The Morgan fingerprint density at radius 2 is 2.00 bits per heavy atom. The molecule has 0 heterocycles. The van der Waals surface area contributed by atoms with Crippen molar-refractivity contribution in [2.24, 2.45) is 17.6 Å². The van der Waals surface area contributed by atoms with Crippen LogP contribution < -0.4 is 5.73 Å². The highest BCUT2D eigenvalue weighted by atomic mass is 14.6. The molecule has 2 aliphatic rings. The standard InChI is InChI=1S/C14H25N/c1-2-11-6-3-4-9-14(11)12-7-5-8-13(15)10-12/h10-11,13-14H,2-9,15H2,1H3. The smallest absolute Gasteiger partial charge is 0.0226 e. The predicted octanol–water partition coefficient (Wildman–Crippen LogP) is 3.64. The van der Waals surface area contributed by atoms with Gasteiger partial charge in [0.05, 0.1) is 0 Å². The van der Waals surface area contributed by atoms with Crippen molar-refractivity contribution in [1.29, 1.82) is 0 Å². The zero-order chi connectivity index (χ0) is 10.7. The molecular formula is C14H25N. The van der Waals surface area contributed by atoms with E-state index >= 15 is 0 Å². The number of allylic oxidation sites excluding steroid dienone is 1. The van der Waals surface area contributed by atoms with Gasteiger partial charge in [0.25, 0.3) is 0 Å². The number of rotatable bonds is 2. The van der Waals surface area contributed by atoms with Gasteiger partial charge in [-0.15, -0.1) is 0 Å².